The molecule has 110 valence electrons. The fraction of sp³-hybridized carbons (Fsp3) is 0.714. The molecule has 2 aliphatic rings. The second-order valence-corrected chi connectivity index (χ2v) is 5.70. The minimum absolute atomic E-state index is 0.341. The highest BCUT2D eigenvalue weighted by Gasteiger charge is 2.29. The van der Waals surface area contributed by atoms with E-state index < -0.39 is 0 Å². The Morgan fingerprint density at radius 3 is 2.75 bits per heavy atom. The van der Waals surface area contributed by atoms with Crippen molar-refractivity contribution in [2.24, 2.45) is 0 Å². The van der Waals surface area contributed by atoms with E-state index in [1.54, 1.807) is 0 Å². The van der Waals surface area contributed by atoms with Gasteiger partial charge in [-0.2, -0.15) is 9.97 Å². The minimum atomic E-state index is 0.341. The van der Waals surface area contributed by atoms with Crippen LogP contribution in [0.2, 0.25) is 0 Å². The van der Waals surface area contributed by atoms with Crippen LogP contribution in [0.25, 0.3) is 0 Å². The summed E-state index contributed by atoms with van der Waals surface area (Å²) in [4.78, 5) is 13.5. The summed E-state index contributed by atoms with van der Waals surface area (Å²) in [5.41, 5.74) is 5.78. The molecule has 20 heavy (non-hydrogen) atoms. The van der Waals surface area contributed by atoms with E-state index in [9.17, 15) is 0 Å². The summed E-state index contributed by atoms with van der Waals surface area (Å²) in [7, 11) is 1.85. The molecule has 1 unspecified atom stereocenters. The first-order valence-electron chi connectivity index (χ1n) is 7.57. The number of anilines is 3. The molecule has 2 fully saturated rings. The Morgan fingerprint density at radius 2 is 2.00 bits per heavy atom. The van der Waals surface area contributed by atoms with Gasteiger partial charge in [0.2, 0.25) is 5.95 Å². The fourth-order valence-electron chi connectivity index (χ4n) is 3.27. The highest BCUT2D eigenvalue weighted by molar-refractivity contribution is 5.53. The molecule has 0 radical (unpaired) electrons. The summed E-state index contributed by atoms with van der Waals surface area (Å²) in [6.45, 7) is 4.62. The standard InChI is InChI=1S/C14H24N6/c1-16-12-9-13(18-14(15)17-12)20-8-5-11(10-20)19-6-3-2-4-7-19/h9,11H,2-8,10H2,1H3,(H3,15,16,17,18). The van der Waals surface area contributed by atoms with Gasteiger partial charge in [0.05, 0.1) is 0 Å². The van der Waals surface area contributed by atoms with Gasteiger partial charge in [-0.05, 0) is 32.4 Å². The van der Waals surface area contributed by atoms with E-state index >= 15 is 0 Å². The number of nitrogen functional groups attached to an aromatic ring is 1. The van der Waals surface area contributed by atoms with Crippen LogP contribution in [0.15, 0.2) is 6.07 Å². The number of nitrogens with zero attached hydrogens (tertiary/aromatic N) is 4. The maximum Gasteiger partial charge on any atom is 0.223 e. The van der Waals surface area contributed by atoms with Crippen molar-refractivity contribution < 1.29 is 0 Å². The molecule has 2 saturated heterocycles. The molecule has 2 aliphatic heterocycles. The molecule has 6 heteroatoms. The number of aromatic nitrogens is 2. The lowest BCUT2D eigenvalue weighted by molar-refractivity contribution is 0.175. The zero-order valence-electron chi connectivity index (χ0n) is 12.2. The average molecular weight is 276 g/mol. The number of rotatable bonds is 3. The van der Waals surface area contributed by atoms with Gasteiger partial charge in [-0.1, -0.05) is 6.42 Å². The van der Waals surface area contributed by atoms with Crippen molar-refractivity contribution in [3.63, 3.8) is 0 Å². The first-order chi connectivity index (χ1) is 9.76. The predicted octanol–water partition coefficient (Wildman–Crippen LogP) is 1.17. The topological polar surface area (TPSA) is 70.3 Å². The fourth-order valence-corrected chi connectivity index (χ4v) is 3.27. The monoisotopic (exact) mass is 276 g/mol. The summed E-state index contributed by atoms with van der Waals surface area (Å²) in [6, 6.07) is 2.65. The SMILES string of the molecule is CNc1cc(N2CCC(N3CCCCC3)C2)nc(N)n1. The van der Waals surface area contributed by atoms with Crippen LogP contribution in [0.3, 0.4) is 0 Å². The van der Waals surface area contributed by atoms with Gasteiger partial charge < -0.3 is 16.0 Å². The zero-order valence-corrected chi connectivity index (χ0v) is 12.2. The van der Waals surface area contributed by atoms with Gasteiger partial charge in [-0.3, -0.25) is 4.90 Å². The molecule has 3 rings (SSSR count). The van der Waals surface area contributed by atoms with E-state index in [1.807, 2.05) is 13.1 Å². The van der Waals surface area contributed by atoms with Crippen molar-refractivity contribution in [2.75, 3.05) is 49.2 Å². The van der Waals surface area contributed by atoms with Crippen LogP contribution in [0.5, 0.6) is 0 Å². The Labute approximate surface area is 120 Å². The highest BCUT2D eigenvalue weighted by Crippen LogP contribution is 2.25. The Bertz CT molecular complexity index is 457. The number of likely N-dealkylation sites (tertiary alicyclic amines) is 1. The van der Waals surface area contributed by atoms with Crippen LogP contribution in [-0.4, -0.2) is 54.1 Å². The summed E-state index contributed by atoms with van der Waals surface area (Å²) < 4.78 is 0. The molecule has 0 saturated carbocycles. The van der Waals surface area contributed by atoms with Crippen molar-refractivity contribution in [1.29, 1.82) is 0 Å². The third kappa shape index (κ3) is 2.80. The van der Waals surface area contributed by atoms with Crippen LogP contribution < -0.4 is 16.0 Å². The molecule has 0 amide bonds. The van der Waals surface area contributed by atoms with Gasteiger partial charge >= 0.3 is 0 Å². The van der Waals surface area contributed by atoms with E-state index in [1.165, 1.54) is 38.8 Å². The summed E-state index contributed by atoms with van der Waals surface area (Å²) >= 11 is 0. The van der Waals surface area contributed by atoms with Gasteiger partial charge in [0.25, 0.3) is 0 Å². The molecule has 0 bridgehead atoms. The van der Waals surface area contributed by atoms with Crippen LogP contribution in [-0.2, 0) is 0 Å². The second-order valence-electron chi connectivity index (χ2n) is 5.70. The van der Waals surface area contributed by atoms with Crippen molar-refractivity contribution in [1.82, 2.24) is 14.9 Å². The number of nitrogens with one attached hydrogen (secondary N) is 1. The smallest absolute Gasteiger partial charge is 0.223 e. The zero-order chi connectivity index (χ0) is 13.9. The lowest BCUT2D eigenvalue weighted by Crippen LogP contribution is -2.41. The Balaban J connectivity index is 1.68. The molecule has 1 aromatic heterocycles. The van der Waals surface area contributed by atoms with Crippen molar-refractivity contribution in [3.05, 3.63) is 6.07 Å². The van der Waals surface area contributed by atoms with Crippen molar-refractivity contribution >= 4 is 17.6 Å². The van der Waals surface area contributed by atoms with Crippen LogP contribution >= 0.6 is 0 Å². The molecule has 1 atom stereocenters. The average Bonchev–Trinajstić information content (AvgIpc) is 2.97. The number of hydrogen-bond acceptors (Lipinski definition) is 6. The lowest BCUT2D eigenvalue weighted by atomic mass is 10.1. The van der Waals surface area contributed by atoms with E-state index in [-0.39, 0.29) is 0 Å². The quantitative estimate of drug-likeness (QED) is 0.863. The molecule has 0 aromatic carbocycles. The number of piperidine rings is 1. The molecule has 0 spiro atoms. The van der Waals surface area contributed by atoms with E-state index in [2.05, 4.69) is 25.1 Å². The predicted molar refractivity (Wildman–Crippen MR) is 82.0 cm³/mol. The summed E-state index contributed by atoms with van der Waals surface area (Å²) in [5.74, 6) is 2.07. The largest absolute Gasteiger partial charge is 0.373 e. The number of hydrogen-bond donors (Lipinski definition) is 2. The normalized spacial score (nSPS) is 24.1. The van der Waals surface area contributed by atoms with Gasteiger partial charge in [0, 0.05) is 32.2 Å². The van der Waals surface area contributed by atoms with Gasteiger partial charge in [-0.15, -0.1) is 0 Å². The van der Waals surface area contributed by atoms with Crippen LogP contribution in [0.4, 0.5) is 17.6 Å². The molecular formula is C14H24N6. The van der Waals surface area contributed by atoms with Crippen molar-refractivity contribution in [2.45, 2.75) is 31.7 Å². The molecule has 3 N–H and O–H groups in total. The molecular weight excluding hydrogens is 252 g/mol. The Hall–Kier alpha value is -1.56. The Morgan fingerprint density at radius 1 is 1.20 bits per heavy atom. The van der Waals surface area contributed by atoms with Crippen LogP contribution in [0.1, 0.15) is 25.7 Å². The third-order valence-corrected chi connectivity index (χ3v) is 4.38. The van der Waals surface area contributed by atoms with Gasteiger partial charge in [-0.25, -0.2) is 0 Å². The summed E-state index contributed by atoms with van der Waals surface area (Å²) in [6.07, 6.45) is 5.31. The number of nitrogens with two attached hydrogens (primary N) is 1. The lowest BCUT2D eigenvalue weighted by Gasteiger charge is -2.32. The maximum absolute atomic E-state index is 5.78. The first-order valence-corrected chi connectivity index (χ1v) is 7.57. The Kier molecular flexibility index (Phi) is 3.91. The van der Waals surface area contributed by atoms with Crippen LogP contribution in [0, 0.1) is 0 Å². The van der Waals surface area contributed by atoms with Crippen molar-refractivity contribution in [3.8, 4) is 0 Å². The highest BCUT2D eigenvalue weighted by atomic mass is 15.3. The molecule has 0 aliphatic carbocycles. The first kappa shape index (κ1) is 13.4. The third-order valence-electron chi connectivity index (χ3n) is 4.38. The maximum atomic E-state index is 5.78. The summed E-state index contributed by atoms with van der Waals surface area (Å²) in [5, 5.41) is 3.04. The second kappa shape index (κ2) is 5.83. The molecule has 6 nitrogen and oxygen atoms in total. The van der Waals surface area contributed by atoms with E-state index in [4.69, 9.17) is 5.73 Å². The molecule has 1 aromatic rings. The van der Waals surface area contributed by atoms with Gasteiger partial charge in [0.15, 0.2) is 0 Å². The molecule has 3 heterocycles. The van der Waals surface area contributed by atoms with E-state index in [0.29, 0.717) is 12.0 Å². The van der Waals surface area contributed by atoms with Gasteiger partial charge in [0.1, 0.15) is 11.6 Å². The minimum Gasteiger partial charge on any atom is -0.373 e. The van der Waals surface area contributed by atoms with E-state index in [0.717, 1.165) is 24.7 Å².